The van der Waals surface area contributed by atoms with Gasteiger partial charge in [0.05, 0.1) is 0 Å². The maximum atomic E-state index is 12.5. The number of carbonyl (C=O) groups is 1. The molecule has 2 N–H and O–H groups in total. The van der Waals surface area contributed by atoms with Crippen LogP contribution in [0, 0.1) is 0 Å². The second-order valence-corrected chi connectivity index (χ2v) is 5.75. The van der Waals surface area contributed by atoms with E-state index in [4.69, 9.17) is 0 Å². The molecule has 108 valence electrons. The lowest BCUT2D eigenvalue weighted by atomic mass is 10.7. The number of primary amides is 1. The summed E-state index contributed by atoms with van der Waals surface area (Å²) >= 11 is 0. The number of hydrogen-bond acceptors (Lipinski definition) is 5. The Morgan fingerprint density at radius 1 is 1.00 bits per heavy atom. The molecule has 0 aromatic carbocycles. The minimum atomic E-state index is -7.28. The van der Waals surface area contributed by atoms with Gasteiger partial charge in [0.2, 0.25) is 0 Å². The van der Waals surface area contributed by atoms with Gasteiger partial charge in [0, 0.05) is 0 Å². The van der Waals surface area contributed by atoms with Crippen LogP contribution in [0.3, 0.4) is 0 Å². The molecule has 2 amide bonds. The highest BCUT2D eigenvalue weighted by Crippen LogP contribution is 2.42. The smallest absolute Gasteiger partial charge is 0.350 e. The van der Waals surface area contributed by atoms with E-state index in [0.717, 1.165) is 0 Å². The van der Waals surface area contributed by atoms with Crippen molar-refractivity contribution < 1.29 is 47.5 Å². The average Bonchev–Trinajstić information content (AvgIpc) is 1.95. The summed E-state index contributed by atoms with van der Waals surface area (Å²) in [5, 5.41) is -6.73. The third-order valence-electron chi connectivity index (χ3n) is 1.25. The Bertz CT molecular complexity index is 548. The maximum Gasteiger partial charge on any atom is 0.471 e. The highest BCUT2D eigenvalue weighted by atomic mass is 32.3. The van der Waals surface area contributed by atoms with E-state index in [0.29, 0.717) is 0 Å². The number of amides is 2. The lowest BCUT2D eigenvalue weighted by Crippen LogP contribution is -2.55. The van der Waals surface area contributed by atoms with Crippen LogP contribution in [-0.2, 0) is 20.4 Å². The molecule has 7 nitrogen and oxygen atoms in total. The largest absolute Gasteiger partial charge is 0.471 e. The van der Waals surface area contributed by atoms with Crippen molar-refractivity contribution in [3.8, 4) is 0 Å². The molecule has 0 aromatic heterocycles. The number of urea groups is 1. The first-order valence-electron chi connectivity index (χ1n) is 3.30. The fourth-order valence-corrected chi connectivity index (χ4v) is 2.76. The van der Waals surface area contributed by atoms with Crippen LogP contribution >= 0.6 is 0 Å². The first kappa shape index (κ1) is 16.8. The van der Waals surface area contributed by atoms with E-state index in [1.807, 2.05) is 0 Å². The number of nitrogens with two attached hydrogens (primary N) is 1. The normalized spacial score (nSPS) is 14.3. The molecule has 15 heteroatoms. The lowest BCUT2D eigenvalue weighted by molar-refractivity contribution is -0.242. The Morgan fingerprint density at radius 2 is 1.33 bits per heavy atom. The fraction of sp³-hybridized carbons (Fsp3) is 0.667. The monoisotopic (exact) mass is 324 g/mol. The van der Waals surface area contributed by atoms with Crippen molar-refractivity contribution in [2.24, 2.45) is 5.73 Å². The Hall–Kier alpha value is -1.25. The van der Waals surface area contributed by atoms with Crippen LogP contribution in [0.2, 0.25) is 0 Å². The molecule has 0 unspecified atom stereocenters. The minimum absolute atomic E-state index is 2.38. The van der Waals surface area contributed by atoms with E-state index in [-0.39, 0.29) is 0 Å². The van der Waals surface area contributed by atoms with Gasteiger partial charge in [-0.2, -0.15) is 38.8 Å². The molecule has 0 saturated heterocycles. The molecule has 0 saturated carbocycles. The first-order chi connectivity index (χ1) is 7.57. The molecule has 0 aliphatic carbocycles. The Morgan fingerprint density at radius 3 is 1.50 bits per heavy atom. The van der Waals surface area contributed by atoms with Crippen LogP contribution in [-0.4, -0.2) is 38.0 Å². The fourth-order valence-electron chi connectivity index (χ4n) is 0.594. The Kier molecular flexibility index (Phi) is 3.86. The van der Waals surface area contributed by atoms with E-state index >= 15 is 0 Å². The van der Waals surface area contributed by atoms with E-state index in [9.17, 15) is 47.5 Å². The van der Waals surface area contributed by atoms with Gasteiger partial charge in [-0.3, -0.25) is 0 Å². The summed E-state index contributed by atoms with van der Waals surface area (Å²) in [6.45, 7) is 0. The quantitative estimate of drug-likeness (QED) is 0.582. The molecule has 0 aromatic rings. The van der Waals surface area contributed by atoms with Crippen molar-refractivity contribution in [1.29, 1.82) is 0 Å². The minimum Gasteiger partial charge on any atom is -0.350 e. The second-order valence-electron chi connectivity index (χ2n) is 2.50. The van der Waals surface area contributed by atoms with Gasteiger partial charge < -0.3 is 5.73 Å². The van der Waals surface area contributed by atoms with Gasteiger partial charge in [-0.15, -0.1) is 0 Å². The van der Waals surface area contributed by atoms with E-state index in [1.54, 1.807) is 0 Å². The molecule has 18 heavy (non-hydrogen) atoms. The number of nitrogens with zero attached hydrogens (tertiary/aromatic N) is 1. The molecule has 0 radical (unpaired) electrons. The van der Waals surface area contributed by atoms with Crippen LogP contribution in [0.15, 0.2) is 0 Å². The van der Waals surface area contributed by atoms with Crippen LogP contribution < -0.4 is 5.73 Å². The molecular weight excluding hydrogens is 322 g/mol. The summed E-state index contributed by atoms with van der Waals surface area (Å²) in [5.74, 6) is 0. The van der Waals surface area contributed by atoms with Crippen LogP contribution in [0.5, 0.6) is 0 Å². The van der Waals surface area contributed by atoms with Gasteiger partial charge in [0.25, 0.3) is 0 Å². The van der Waals surface area contributed by atoms with E-state index in [1.165, 1.54) is 0 Å². The summed E-state index contributed by atoms with van der Waals surface area (Å²) in [6.07, 6.45) is -6.79. The molecule has 0 aliphatic heterocycles. The number of hydrogen-bond donors (Lipinski definition) is 1. The third-order valence-corrected chi connectivity index (χ3v) is 4.45. The molecule has 0 bridgehead atoms. The number of halogens is 6. The summed E-state index contributed by atoms with van der Waals surface area (Å²) in [6, 6.07) is -2.89. The summed E-state index contributed by atoms with van der Waals surface area (Å²) in [7, 11) is -14.1. The summed E-state index contributed by atoms with van der Waals surface area (Å²) in [4.78, 5) is 10.2. The second kappa shape index (κ2) is 4.15. The van der Waals surface area contributed by atoms with Gasteiger partial charge in [-0.1, -0.05) is 7.60 Å². The van der Waals surface area contributed by atoms with Gasteiger partial charge in [-0.25, -0.2) is 4.79 Å². The highest BCUT2D eigenvalue weighted by molar-refractivity contribution is 8.03. The molecule has 0 heterocycles. The number of carbonyl (C=O) groups excluding carboxylic acids is 1. The molecular formula is C3H2F6N2O5S2. The van der Waals surface area contributed by atoms with Crippen LogP contribution in [0.25, 0.3) is 0 Å². The van der Waals surface area contributed by atoms with Crippen LogP contribution in [0.4, 0.5) is 30.6 Å². The third kappa shape index (κ3) is 2.60. The average molecular weight is 324 g/mol. The molecule has 0 aliphatic rings. The maximum absolute atomic E-state index is 12.5. The van der Waals surface area contributed by atoms with Crippen molar-refractivity contribution in [1.82, 2.24) is 3.71 Å². The summed E-state index contributed by atoms with van der Waals surface area (Å²) < 4.78 is 111. The summed E-state index contributed by atoms with van der Waals surface area (Å²) in [5.41, 5.74) is 3.94. The Balaban J connectivity index is 6.18. The van der Waals surface area contributed by atoms with Crippen molar-refractivity contribution >= 4 is 26.5 Å². The zero-order valence-electron chi connectivity index (χ0n) is 7.65. The van der Waals surface area contributed by atoms with Crippen molar-refractivity contribution in [2.45, 2.75) is 11.4 Å². The van der Waals surface area contributed by atoms with E-state index in [2.05, 4.69) is 5.73 Å². The van der Waals surface area contributed by atoms with Crippen molar-refractivity contribution in [2.75, 3.05) is 0 Å². The van der Waals surface area contributed by atoms with E-state index < -0.39 is 41.6 Å². The number of sulfonamides is 1. The predicted molar refractivity (Wildman–Crippen MR) is 41.4 cm³/mol. The van der Waals surface area contributed by atoms with Gasteiger partial charge >= 0.3 is 37.9 Å². The topological polar surface area (TPSA) is 115 Å². The zero-order chi connectivity index (χ0) is 15.2. The highest BCUT2D eigenvalue weighted by Gasteiger charge is 2.71. The molecule has 0 spiro atoms. The Labute approximate surface area is 95.5 Å². The van der Waals surface area contributed by atoms with Gasteiger partial charge in [0.1, 0.15) is 0 Å². The van der Waals surface area contributed by atoms with Crippen molar-refractivity contribution in [3.63, 3.8) is 0 Å². The van der Waals surface area contributed by atoms with Crippen LogP contribution in [0.1, 0.15) is 0 Å². The van der Waals surface area contributed by atoms with Crippen molar-refractivity contribution in [3.05, 3.63) is 0 Å². The predicted octanol–water partition coefficient (Wildman–Crippen LogP) is 0.0663. The SMILES string of the molecule is NC(=O)N(S(=O)(=O)F)S(=O)(=O)C(F)(F)C(F)(F)F. The number of alkyl halides is 5. The number of rotatable bonds is 3. The van der Waals surface area contributed by atoms with Gasteiger partial charge in [-0.05, 0) is 0 Å². The standard InChI is InChI=1S/C3H2F6N2O5S2/c4-2(5,6)3(7,8)17(13,14)11(1(10)12)18(9,15)16/h(H2,10,12). The van der Waals surface area contributed by atoms with Gasteiger partial charge in [0.15, 0.2) is 0 Å². The molecule has 0 atom stereocenters. The molecule has 0 fully saturated rings. The zero-order valence-corrected chi connectivity index (χ0v) is 9.28. The lowest BCUT2D eigenvalue weighted by Gasteiger charge is -2.23. The first-order valence-corrected chi connectivity index (χ1v) is 6.08. The molecule has 0 rings (SSSR count).